The molecule has 0 aromatic heterocycles. The molecule has 1 saturated heterocycles. The van der Waals surface area contributed by atoms with Crippen molar-refractivity contribution in [2.75, 3.05) is 19.6 Å². The van der Waals surface area contributed by atoms with Crippen molar-refractivity contribution in [1.29, 1.82) is 0 Å². The van der Waals surface area contributed by atoms with Crippen LogP contribution in [0.1, 0.15) is 43.4 Å². The van der Waals surface area contributed by atoms with Gasteiger partial charge in [-0.15, -0.1) is 0 Å². The molecule has 19 heavy (non-hydrogen) atoms. The third kappa shape index (κ3) is 3.18. The zero-order valence-electron chi connectivity index (χ0n) is 12.9. The van der Waals surface area contributed by atoms with Gasteiger partial charge in [-0.2, -0.15) is 0 Å². The molecular weight excluding hydrogens is 232 g/mol. The van der Waals surface area contributed by atoms with E-state index in [1.807, 2.05) is 0 Å². The van der Waals surface area contributed by atoms with Crippen LogP contribution in [0.3, 0.4) is 0 Å². The fraction of sp³-hybridized carbons (Fsp3) is 0.647. The fourth-order valence-electron chi connectivity index (χ4n) is 3.46. The highest BCUT2D eigenvalue weighted by Gasteiger charge is 2.35. The minimum absolute atomic E-state index is 0.343. The summed E-state index contributed by atoms with van der Waals surface area (Å²) in [6.45, 7) is 13.5. The fourth-order valence-corrected chi connectivity index (χ4v) is 3.46. The number of aryl methyl sites for hydroxylation is 2. The Bertz CT molecular complexity index is 401. The van der Waals surface area contributed by atoms with E-state index >= 15 is 0 Å². The van der Waals surface area contributed by atoms with Crippen LogP contribution in [0.15, 0.2) is 18.2 Å². The molecule has 0 amide bonds. The second-order valence-electron chi connectivity index (χ2n) is 6.03. The van der Waals surface area contributed by atoms with E-state index < -0.39 is 0 Å². The number of hydrogen-bond acceptors (Lipinski definition) is 2. The monoisotopic (exact) mass is 260 g/mol. The minimum atomic E-state index is 0.343. The van der Waals surface area contributed by atoms with E-state index in [9.17, 15) is 0 Å². The van der Waals surface area contributed by atoms with E-state index in [1.54, 1.807) is 0 Å². The summed E-state index contributed by atoms with van der Waals surface area (Å²) in [5.41, 5.74) is 4.56. The summed E-state index contributed by atoms with van der Waals surface area (Å²) in [5.74, 6) is 0. The summed E-state index contributed by atoms with van der Waals surface area (Å²) in [4.78, 5) is 2.69. The Balaban J connectivity index is 2.19. The van der Waals surface area contributed by atoms with Crippen LogP contribution in [0, 0.1) is 13.8 Å². The average Bonchev–Trinajstić information content (AvgIpc) is 2.38. The van der Waals surface area contributed by atoms with Crippen LogP contribution in [-0.2, 0) is 6.54 Å². The molecule has 1 N–H and O–H groups in total. The third-order valence-corrected chi connectivity index (χ3v) is 4.65. The summed E-state index contributed by atoms with van der Waals surface area (Å²) < 4.78 is 0. The lowest BCUT2D eigenvalue weighted by molar-refractivity contribution is 0.0447. The quantitative estimate of drug-likeness (QED) is 0.894. The molecule has 0 aliphatic carbocycles. The number of benzene rings is 1. The second kappa shape index (κ2) is 6.06. The van der Waals surface area contributed by atoms with Crippen LogP contribution in [0.5, 0.6) is 0 Å². The Morgan fingerprint density at radius 2 is 1.74 bits per heavy atom. The highest BCUT2D eigenvalue weighted by atomic mass is 15.3. The Morgan fingerprint density at radius 1 is 1.11 bits per heavy atom. The minimum Gasteiger partial charge on any atom is -0.314 e. The predicted octanol–water partition coefficient (Wildman–Crippen LogP) is 3.27. The van der Waals surface area contributed by atoms with Gasteiger partial charge in [-0.3, -0.25) is 4.90 Å². The van der Waals surface area contributed by atoms with Crippen LogP contribution in [0.4, 0.5) is 0 Å². The maximum absolute atomic E-state index is 3.57. The van der Waals surface area contributed by atoms with Crippen LogP contribution in [-0.4, -0.2) is 30.1 Å². The first-order valence-electron chi connectivity index (χ1n) is 7.62. The molecule has 1 heterocycles. The largest absolute Gasteiger partial charge is 0.314 e. The van der Waals surface area contributed by atoms with E-state index in [0.717, 1.165) is 26.2 Å². The lowest BCUT2D eigenvalue weighted by atomic mass is 9.88. The highest BCUT2D eigenvalue weighted by Crippen LogP contribution is 2.27. The van der Waals surface area contributed by atoms with Gasteiger partial charge >= 0.3 is 0 Å². The Morgan fingerprint density at radius 3 is 2.32 bits per heavy atom. The Hall–Kier alpha value is -0.860. The lowest BCUT2D eigenvalue weighted by Crippen LogP contribution is -2.60. The average molecular weight is 260 g/mol. The Labute approximate surface area is 118 Å². The van der Waals surface area contributed by atoms with Crippen molar-refractivity contribution >= 4 is 0 Å². The van der Waals surface area contributed by atoms with E-state index in [-0.39, 0.29) is 0 Å². The van der Waals surface area contributed by atoms with Crippen LogP contribution in [0.2, 0.25) is 0 Å². The van der Waals surface area contributed by atoms with E-state index in [2.05, 4.69) is 56.1 Å². The number of nitrogens with zero attached hydrogens (tertiary/aromatic N) is 1. The molecule has 0 unspecified atom stereocenters. The van der Waals surface area contributed by atoms with Gasteiger partial charge < -0.3 is 5.32 Å². The van der Waals surface area contributed by atoms with Crippen molar-refractivity contribution in [3.8, 4) is 0 Å². The molecule has 1 aromatic carbocycles. The maximum Gasteiger partial charge on any atom is 0.0332 e. The molecule has 1 aromatic rings. The van der Waals surface area contributed by atoms with Gasteiger partial charge in [0.25, 0.3) is 0 Å². The molecule has 0 radical (unpaired) electrons. The van der Waals surface area contributed by atoms with Crippen LogP contribution < -0.4 is 5.32 Å². The zero-order valence-corrected chi connectivity index (χ0v) is 12.9. The first kappa shape index (κ1) is 14.5. The molecule has 0 atom stereocenters. The number of nitrogens with one attached hydrogen (secondary N) is 1. The van der Waals surface area contributed by atoms with E-state index in [0.29, 0.717) is 5.54 Å². The van der Waals surface area contributed by atoms with Gasteiger partial charge in [-0.05, 0) is 32.3 Å². The van der Waals surface area contributed by atoms with Gasteiger partial charge in [0.2, 0.25) is 0 Å². The first-order valence-corrected chi connectivity index (χ1v) is 7.62. The highest BCUT2D eigenvalue weighted by molar-refractivity contribution is 5.28. The molecule has 2 nitrogen and oxygen atoms in total. The topological polar surface area (TPSA) is 15.3 Å². The summed E-state index contributed by atoms with van der Waals surface area (Å²) in [7, 11) is 0. The van der Waals surface area contributed by atoms with Gasteiger partial charge in [-0.25, -0.2) is 0 Å². The maximum atomic E-state index is 3.57. The van der Waals surface area contributed by atoms with Crippen molar-refractivity contribution in [3.63, 3.8) is 0 Å². The molecule has 0 bridgehead atoms. The second-order valence-corrected chi connectivity index (χ2v) is 6.03. The van der Waals surface area contributed by atoms with E-state index in [4.69, 9.17) is 0 Å². The van der Waals surface area contributed by atoms with Crippen molar-refractivity contribution in [1.82, 2.24) is 10.2 Å². The van der Waals surface area contributed by atoms with Crippen molar-refractivity contribution in [2.45, 2.75) is 52.6 Å². The molecule has 2 rings (SSSR count). The van der Waals surface area contributed by atoms with Gasteiger partial charge in [0.05, 0.1) is 0 Å². The molecule has 0 spiro atoms. The molecule has 1 fully saturated rings. The van der Waals surface area contributed by atoms with Crippen molar-refractivity contribution in [2.24, 2.45) is 0 Å². The summed E-state index contributed by atoms with van der Waals surface area (Å²) in [5, 5.41) is 3.57. The molecule has 106 valence electrons. The SMILES string of the molecule is CCC1(CC)CNCCN1Cc1cc(C)cc(C)c1. The lowest BCUT2D eigenvalue weighted by Gasteiger charge is -2.47. The predicted molar refractivity (Wildman–Crippen MR) is 82.5 cm³/mol. The van der Waals surface area contributed by atoms with Crippen molar-refractivity contribution < 1.29 is 0 Å². The van der Waals surface area contributed by atoms with E-state index in [1.165, 1.54) is 29.5 Å². The van der Waals surface area contributed by atoms with Gasteiger partial charge in [-0.1, -0.05) is 43.2 Å². The van der Waals surface area contributed by atoms with Crippen LogP contribution >= 0.6 is 0 Å². The standard InChI is InChI=1S/C17H28N2/c1-5-17(6-2)13-18-7-8-19(17)12-16-10-14(3)9-15(4)11-16/h9-11,18H,5-8,12-13H2,1-4H3. The molecule has 1 aliphatic rings. The molecular formula is C17H28N2. The normalized spacial score (nSPS) is 19.6. The summed E-state index contributed by atoms with van der Waals surface area (Å²) in [6, 6.07) is 6.93. The first-order chi connectivity index (χ1) is 9.09. The smallest absolute Gasteiger partial charge is 0.0332 e. The third-order valence-electron chi connectivity index (χ3n) is 4.65. The number of piperazine rings is 1. The van der Waals surface area contributed by atoms with Crippen molar-refractivity contribution in [3.05, 3.63) is 34.9 Å². The van der Waals surface area contributed by atoms with Gasteiger partial charge in [0.15, 0.2) is 0 Å². The van der Waals surface area contributed by atoms with Gasteiger partial charge in [0.1, 0.15) is 0 Å². The number of hydrogen-bond donors (Lipinski definition) is 1. The molecule has 2 heteroatoms. The number of rotatable bonds is 4. The van der Waals surface area contributed by atoms with Crippen LogP contribution in [0.25, 0.3) is 0 Å². The summed E-state index contributed by atoms with van der Waals surface area (Å²) in [6.07, 6.45) is 2.45. The molecule has 0 saturated carbocycles. The zero-order chi connectivity index (χ0) is 13.9. The molecule has 1 aliphatic heterocycles. The van der Waals surface area contributed by atoms with Gasteiger partial charge in [0, 0.05) is 31.7 Å². The Kier molecular flexibility index (Phi) is 4.64. The summed E-state index contributed by atoms with van der Waals surface area (Å²) >= 11 is 0.